The predicted molar refractivity (Wildman–Crippen MR) is 211 cm³/mol. The Bertz CT molecular complexity index is 1650. The van der Waals surface area contributed by atoms with Crippen LogP contribution in [0.4, 0.5) is 0 Å². The minimum Gasteiger partial charge on any atom is -0.394 e. The average Bonchev–Trinajstić information content (AvgIpc) is 3.81. The van der Waals surface area contributed by atoms with Crippen molar-refractivity contribution >= 4 is 0 Å². The van der Waals surface area contributed by atoms with Gasteiger partial charge in [0.1, 0.15) is 54.4 Å². The maximum absolute atomic E-state index is 11.4. The van der Waals surface area contributed by atoms with Crippen LogP contribution in [0.15, 0.2) is 11.6 Å². The molecule has 18 nitrogen and oxygen atoms in total. The summed E-state index contributed by atoms with van der Waals surface area (Å²) in [6.45, 7) is 8.98. The Kier molecular flexibility index (Phi) is 12.4. The van der Waals surface area contributed by atoms with E-state index in [-0.39, 0.29) is 47.5 Å². The van der Waals surface area contributed by atoms with Crippen LogP contribution in [0, 0.1) is 46.3 Å². The molecule has 0 unspecified atom stereocenters. The van der Waals surface area contributed by atoms with Gasteiger partial charge >= 0.3 is 0 Å². The number of hydrogen-bond acceptors (Lipinski definition) is 18. The lowest BCUT2D eigenvalue weighted by atomic mass is 9.46. The lowest BCUT2D eigenvalue weighted by molar-refractivity contribution is -0.343. The molecule has 0 radical (unpaired) electrons. The molecule has 9 aliphatic rings. The van der Waals surface area contributed by atoms with E-state index in [1.54, 1.807) is 6.92 Å². The summed E-state index contributed by atoms with van der Waals surface area (Å²) < 4.78 is 49.8. The predicted octanol–water partition coefficient (Wildman–Crippen LogP) is -1.20. The van der Waals surface area contributed by atoms with E-state index in [1.807, 2.05) is 6.92 Å². The zero-order chi connectivity index (χ0) is 44.4. The van der Waals surface area contributed by atoms with Crippen LogP contribution < -0.4 is 0 Å². The molecule has 9 rings (SSSR count). The fourth-order valence-electron chi connectivity index (χ4n) is 13.8. The lowest BCUT2D eigenvalue weighted by Gasteiger charge is -2.61. The summed E-state index contributed by atoms with van der Waals surface area (Å²) in [5.41, 5.74) is -1.56. The maximum Gasteiger partial charge on any atom is 0.187 e. The van der Waals surface area contributed by atoms with Crippen molar-refractivity contribution in [2.75, 3.05) is 26.4 Å². The summed E-state index contributed by atoms with van der Waals surface area (Å²) in [4.78, 5) is 0. The van der Waals surface area contributed by atoms with Gasteiger partial charge < -0.3 is 89.0 Å². The van der Waals surface area contributed by atoms with Crippen LogP contribution >= 0.6 is 0 Å². The summed E-state index contributed by atoms with van der Waals surface area (Å²) in [6, 6.07) is 0. The Morgan fingerprint density at radius 3 is 2.24 bits per heavy atom. The molecule has 3 saturated carbocycles. The molecule has 8 fully saturated rings. The number of aliphatic hydroxyl groups excluding tert-OH is 9. The first kappa shape index (κ1) is 46.1. The summed E-state index contributed by atoms with van der Waals surface area (Å²) >= 11 is 0. The van der Waals surface area contributed by atoms with Crippen molar-refractivity contribution in [3.05, 3.63) is 11.6 Å². The molecule has 354 valence electrons. The van der Waals surface area contributed by atoms with Crippen molar-refractivity contribution in [2.45, 2.75) is 189 Å². The topological polar surface area (TPSA) is 276 Å². The quantitative estimate of drug-likeness (QED) is 0.128. The molecule has 26 atom stereocenters. The summed E-state index contributed by atoms with van der Waals surface area (Å²) in [6.07, 6.45) is -12.1. The van der Waals surface area contributed by atoms with Crippen LogP contribution in [0.25, 0.3) is 0 Å². The number of ether oxygens (including phenoxy) is 8. The van der Waals surface area contributed by atoms with E-state index in [2.05, 4.69) is 26.8 Å². The van der Waals surface area contributed by atoms with Crippen molar-refractivity contribution in [1.29, 1.82) is 0 Å². The van der Waals surface area contributed by atoms with Gasteiger partial charge in [-0.25, -0.2) is 0 Å². The van der Waals surface area contributed by atoms with E-state index in [4.69, 9.17) is 37.9 Å². The zero-order valence-electron chi connectivity index (χ0n) is 36.3. The lowest BCUT2D eigenvalue weighted by Crippen LogP contribution is -2.63. The Morgan fingerprint density at radius 2 is 1.55 bits per heavy atom. The zero-order valence-corrected chi connectivity index (χ0v) is 36.3. The molecule has 0 bridgehead atoms. The smallest absolute Gasteiger partial charge is 0.187 e. The van der Waals surface area contributed by atoms with Crippen molar-refractivity contribution in [1.82, 2.24) is 0 Å². The van der Waals surface area contributed by atoms with Crippen LogP contribution in [-0.4, -0.2) is 187 Å². The standard InChI is InChI=1S/C44H70O18/c1-18-15-56-44(13-26(18)47)19(2)30-27(62-44)12-25-23-7-6-21-10-22(58-39-35(52)33(50)36(28(14-45)59-39)61-40-37(53)43(54,16-46)17-55-40)11-29(42(21,5)24(23)8-9-41(25,30)4)60-38-34(51)32(49)31(48)20(3)57-38/h6,18-20,22-40,45-54H,7-17H2,1-5H3/t18-,19+,20-,22-,23-,24+,25+,26+,27+,28-,29-,30+,31+,32+,33-,34-,35-,36-,37+,38+,39-,40+,41+,42+,43+,44-/m1/s1. The highest BCUT2D eigenvalue weighted by atomic mass is 16.7. The summed E-state index contributed by atoms with van der Waals surface area (Å²) in [7, 11) is 0. The first-order valence-corrected chi connectivity index (χ1v) is 22.9. The van der Waals surface area contributed by atoms with Crippen LogP contribution in [0.3, 0.4) is 0 Å². The number of aliphatic hydroxyl groups is 10. The van der Waals surface area contributed by atoms with E-state index in [0.29, 0.717) is 25.4 Å². The van der Waals surface area contributed by atoms with E-state index in [0.717, 1.165) is 31.3 Å². The van der Waals surface area contributed by atoms with Gasteiger partial charge in [0.2, 0.25) is 0 Å². The SMILES string of the molecule is C[C@@H]1CO[C@]2(C[C@@H]1O)O[C@H]1C[C@H]3[C@@H]4CC=C5C[C@@H](O[C@@H]6O[C@H](CO)[C@@H](O[C@@H]7OC[C@@](O)(CO)[C@H]7O)[C@H](O)[C@H]6O)C[C@@H](O[C@@H]6O[C@H](C)[C@H](O)[C@H](O)[C@H]6O)[C@]5(C)[C@H]4CC[C@]3(C)[C@H]1[C@@H]2C. The van der Waals surface area contributed by atoms with E-state index >= 15 is 0 Å². The van der Waals surface area contributed by atoms with Gasteiger partial charge in [0.05, 0.1) is 56.9 Å². The second-order valence-corrected chi connectivity index (χ2v) is 20.9. The highest BCUT2D eigenvalue weighted by Gasteiger charge is 2.70. The molecular weight excluding hydrogens is 816 g/mol. The van der Waals surface area contributed by atoms with Crippen LogP contribution in [0.5, 0.6) is 0 Å². The molecule has 5 heterocycles. The number of hydrogen-bond donors (Lipinski definition) is 10. The second-order valence-electron chi connectivity index (χ2n) is 20.9. The van der Waals surface area contributed by atoms with Gasteiger partial charge in [-0.2, -0.15) is 0 Å². The third kappa shape index (κ3) is 7.12. The monoisotopic (exact) mass is 886 g/mol. The molecule has 18 heteroatoms. The van der Waals surface area contributed by atoms with E-state index in [9.17, 15) is 51.1 Å². The molecule has 5 saturated heterocycles. The molecule has 0 aromatic heterocycles. The highest BCUT2D eigenvalue weighted by Crippen LogP contribution is 2.71. The third-order valence-electron chi connectivity index (χ3n) is 17.7. The molecule has 5 aliphatic heterocycles. The van der Waals surface area contributed by atoms with Gasteiger partial charge in [-0.15, -0.1) is 0 Å². The van der Waals surface area contributed by atoms with Gasteiger partial charge in [0.25, 0.3) is 0 Å². The van der Waals surface area contributed by atoms with Gasteiger partial charge in [0.15, 0.2) is 24.7 Å². The minimum absolute atomic E-state index is 0.00143. The fraction of sp³-hybridized carbons (Fsp3) is 0.955. The Morgan fingerprint density at radius 1 is 0.823 bits per heavy atom. The van der Waals surface area contributed by atoms with Crippen LogP contribution in [0.1, 0.15) is 79.6 Å². The van der Waals surface area contributed by atoms with E-state index in [1.165, 1.54) is 0 Å². The number of rotatable bonds is 8. The van der Waals surface area contributed by atoms with Crippen molar-refractivity contribution in [3.63, 3.8) is 0 Å². The van der Waals surface area contributed by atoms with Gasteiger partial charge in [0, 0.05) is 30.1 Å². The fourth-order valence-corrected chi connectivity index (χ4v) is 13.8. The molecule has 10 N–H and O–H groups in total. The molecule has 0 amide bonds. The number of fused-ring (bicyclic) bond motifs is 7. The van der Waals surface area contributed by atoms with Crippen molar-refractivity contribution in [2.24, 2.45) is 46.3 Å². The maximum atomic E-state index is 11.4. The largest absolute Gasteiger partial charge is 0.394 e. The van der Waals surface area contributed by atoms with Crippen molar-refractivity contribution < 1.29 is 89.0 Å². The first-order valence-electron chi connectivity index (χ1n) is 22.9. The van der Waals surface area contributed by atoms with Gasteiger partial charge in [-0.3, -0.25) is 0 Å². The molecule has 0 aromatic rings. The summed E-state index contributed by atoms with van der Waals surface area (Å²) in [5, 5.41) is 107. The second kappa shape index (κ2) is 16.7. The highest BCUT2D eigenvalue weighted by molar-refractivity contribution is 5.29. The minimum atomic E-state index is -2.00. The third-order valence-corrected chi connectivity index (χ3v) is 17.7. The van der Waals surface area contributed by atoms with Crippen molar-refractivity contribution in [3.8, 4) is 0 Å². The number of allylic oxidation sites excluding steroid dienone is 1. The molecule has 4 aliphatic carbocycles. The summed E-state index contributed by atoms with van der Waals surface area (Å²) in [5.74, 6) is 0.350. The van der Waals surface area contributed by atoms with Gasteiger partial charge in [-0.05, 0) is 68.1 Å². The average molecular weight is 887 g/mol. The van der Waals surface area contributed by atoms with Gasteiger partial charge in [-0.1, -0.05) is 39.3 Å². The molecular formula is C44H70O18. The Labute approximate surface area is 362 Å². The molecule has 1 spiro atoms. The normalized spacial score (nSPS) is 58.7. The Hall–Kier alpha value is -0.980. The van der Waals surface area contributed by atoms with Crippen LogP contribution in [-0.2, 0) is 37.9 Å². The molecule has 62 heavy (non-hydrogen) atoms. The first-order chi connectivity index (χ1) is 29.3. The molecule has 0 aromatic carbocycles. The van der Waals surface area contributed by atoms with Crippen LogP contribution in [0.2, 0.25) is 0 Å². The van der Waals surface area contributed by atoms with E-state index < -0.39 is 129 Å². The Balaban J connectivity index is 0.959.